The third kappa shape index (κ3) is 5.22. The van der Waals surface area contributed by atoms with Crippen LogP contribution in [-0.4, -0.2) is 24.8 Å². The molecule has 1 aliphatic rings. The highest BCUT2D eigenvalue weighted by molar-refractivity contribution is 7.92. The molecule has 0 spiro atoms. The second-order valence-corrected chi connectivity index (χ2v) is 10.1. The minimum atomic E-state index is -3.57. The van der Waals surface area contributed by atoms with E-state index in [-0.39, 0.29) is 34.6 Å². The van der Waals surface area contributed by atoms with Gasteiger partial charge in [0.05, 0.1) is 11.9 Å². The van der Waals surface area contributed by atoms with Crippen molar-refractivity contribution >= 4 is 15.7 Å². The van der Waals surface area contributed by atoms with Crippen LogP contribution in [0, 0.1) is 11.6 Å². The second-order valence-electron chi connectivity index (χ2n) is 8.06. The van der Waals surface area contributed by atoms with Gasteiger partial charge in [-0.1, -0.05) is 0 Å². The number of benzene rings is 2. The first-order valence-corrected chi connectivity index (χ1v) is 12.5. The smallest absolute Gasteiger partial charge is 0.254 e. The minimum Gasteiger partial charge on any atom is -0.490 e. The molecule has 0 radical (unpaired) electrons. The Morgan fingerprint density at radius 3 is 2.41 bits per heavy atom. The number of halogens is 2. The van der Waals surface area contributed by atoms with E-state index in [0.29, 0.717) is 22.9 Å². The van der Waals surface area contributed by atoms with Gasteiger partial charge in [0.1, 0.15) is 17.3 Å². The molecular weight excluding hydrogens is 466 g/mol. The van der Waals surface area contributed by atoms with E-state index in [4.69, 9.17) is 9.47 Å². The first-order valence-electron chi connectivity index (χ1n) is 10.8. The molecular formula is C24H24F2N2O5S. The van der Waals surface area contributed by atoms with E-state index in [9.17, 15) is 22.0 Å². The number of ether oxygens (including phenoxy) is 2. The van der Waals surface area contributed by atoms with Gasteiger partial charge in [-0.05, 0) is 56.5 Å². The lowest BCUT2D eigenvalue weighted by atomic mass is 9.96. The fourth-order valence-corrected chi connectivity index (χ4v) is 4.03. The predicted octanol–water partition coefficient (Wildman–Crippen LogP) is 4.82. The zero-order valence-corrected chi connectivity index (χ0v) is 19.5. The Morgan fingerprint density at radius 2 is 1.76 bits per heavy atom. The quantitative estimate of drug-likeness (QED) is 0.490. The molecule has 1 fully saturated rings. The third-order valence-electron chi connectivity index (χ3n) is 5.57. The molecule has 4 rings (SSSR count). The van der Waals surface area contributed by atoms with E-state index in [1.165, 1.54) is 35.8 Å². The van der Waals surface area contributed by atoms with Gasteiger partial charge < -0.3 is 14.0 Å². The molecule has 1 aliphatic carbocycles. The summed E-state index contributed by atoms with van der Waals surface area (Å²) in [6.45, 7) is 1.51. The van der Waals surface area contributed by atoms with Gasteiger partial charge in [0.15, 0.2) is 11.6 Å². The lowest BCUT2D eigenvalue weighted by Gasteiger charge is -2.28. The summed E-state index contributed by atoms with van der Waals surface area (Å²) in [5, 5.41) is 0. The number of aromatic nitrogens is 1. The van der Waals surface area contributed by atoms with Crippen molar-refractivity contribution in [3.63, 3.8) is 0 Å². The minimum absolute atomic E-state index is 0.0356. The van der Waals surface area contributed by atoms with Gasteiger partial charge in [-0.25, -0.2) is 17.2 Å². The molecule has 1 heterocycles. The van der Waals surface area contributed by atoms with Crippen LogP contribution in [0.1, 0.15) is 26.2 Å². The Bertz CT molecular complexity index is 1380. The molecule has 1 N–H and O–H groups in total. The maximum absolute atomic E-state index is 14.3. The SMILES string of the molecule is CCS(=O)(=O)Nc1ccc(Oc2ccc(F)cc2F)c(-c2cn(C)c(=O)cc2OC2CCC2)c1. The van der Waals surface area contributed by atoms with Gasteiger partial charge >= 0.3 is 0 Å². The van der Waals surface area contributed by atoms with E-state index in [1.54, 1.807) is 13.2 Å². The van der Waals surface area contributed by atoms with Crippen LogP contribution in [0.25, 0.3) is 11.1 Å². The molecule has 1 saturated carbocycles. The standard InChI is InChI=1S/C24H24F2N2O5S/c1-3-34(30,31)27-16-8-10-21(33-22-9-7-15(25)11-20(22)26)18(12-16)19-14-28(2)24(29)13-23(19)32-17-5-4-6-17/h7-14,17,27H,3-6H2,1-2H3. The molecule has 0 unspecified atom stereocenters. The number of hydrogen-bond donors (Lipinski definition) is 1. The molecule has 2 aromatic carbocycles. The van der Waals surface area contributed by atoms with E-state index < -0.39 is 21.7 Å². The van der Waals surface area contributed by atoms with E-state index in [1.807, 2.05) is 0 Å². The summed E-state index contributed by atoms with van der Waals surface area (Å²) < 4.78 is 67.6. The second kappa shape index (κ2) is 9.46. The maximum atomic E-state index is 14.3. The predicted molar refractivity (Wildman–Crippen MR) is 125 cm³/mol. The van der Waals surface area contributed by atoms with Gasteiger partial charge in [0.25, 0.3) is 5.56 Å². The molecule has 180 valence electrons. The van der Waals surface area contributed by atoms with E-state index in [0.717, 1.165) is 31.4 Å². The van der Waals surface area contributed by atoms with Crippen molar-refractivity contribution in [2.75, 3.05) is 10.5 Å². The molecule has 0 bridgehead atoms. The molecule has 1 aromatic heterocycles. The normalized spacial score (nSPS) is 13.9. The maximum Gasteiger partial charge on any atom is 0.254 e. The Morgan fingerprint density at radius 1 is 1.03 bits per heavy atom. The summed E-state index contributed by atoms with van der Waals surface area (Å²) >= 11 is 0. The van der Waals surface area contributed by atoms with Crippen molar-refractivity contribution < 1.29 is 26.7 Å². The Hall–Kier alpha value is -3.40. The highest BCUT2D eigenvalue weighted by Gasteiger charge is 2.23. The molecule has 0 atom stereocenters. The number of sulfonamides is 1. The zero-order chi connectivity index (χ0) is 24.5. The molecule has 3 aromatic rings. The van der Waals surface area contributed by atoms with Crippen molar-refractivity contribution in [1.82, 2.24) is 4.57 Å². The highest BCUT2D eigenvalue weighted by atomic mass is 32.2. The lowest BCUT2D eigenvalue weighted by Crippen LogP contribution is -2.26. The fourth-order valence-electron chi connectivity index (χ4n) is 3.40. The summed E-state index contributed by atoms with van der Waals surface area (Å²) in [6, 6.07) is 8.77. The molecule has 0 amide bonds. The number of nitrogens with zero attached hydrogens (tertiary/aromatic N) is 1. The average Bonchev–Trinajstić information content (AvgIpc) is 2.75. The van der Waals surface area contributed by atoms with Crippen LogP contribution < -0.4 is 19.8 Å². The van der Waals surface area contributed by atoms with Gasteiger partial charge in [0.2, 0.25) is 10.0 Å². The van der Waals surface area contributed by atoms with Gasteiger partial charge in [-0.3, -0.25) is 9.52 Å². The van der Waals surface area contributed by atoms with Gasteiger partial charge in [-0.15, -0.1) is 0 Å². The van der Waals surface area contributed by atoms with Crippen LogP contribution >= 0.6 is 0 Å². The summed E-state index contributed by atoms with van der Waals surface area (Å²) in [5.74, 6) is -1.50. The zero-order valence-electron chi connectivity index (χ0n) is 18.7. The first kappa shape index (κ1) is 23.7. The van der Waals surface area contributed by atoms with Gasteiger partial charge in [0, 0.05) is 42.2 Å². The molecule has 0 saturated heterocycles. The summed E-state index contributed by atoms with van der Waals surface area (Å²) in [6.07, 6.45) is 4.26. The highest BCUT2D eigenvalue weighted by Crippen LogP contribution is 2.41. The van der Waals surface area contributed by atoms with Crippen molar-refractivity contribution in [2.24, 2.45) is 7.05 Å². The summed E-state index contributed by atoms with van der Waals surface area (Å²) in [5.41, 5.74) is 0.800. The molecule has 7 nitrogen and oxygen atoms in total. The number of aryl methyl sites for hydroxylation is 1. The molecule has 34 heavy (non-hydrogen) atoms. The number of nitrogens with one attached hydrogen (secondary N) is 1. The fraction of sp³-hybridized carbons (Fsp3) is 0.292. The van der Waals surface area contributed by atoms with Crippen molar-refractivity contribution in [2.45, 2.75) is 32.3 Å². The van der Waals surface area contributed by atoms with Gasteiger partial charge in [-0.2, -0.15) is 0 Å². The number of rotatable bonds is 8. The van der Waals surface area contributed by atoms with Crippen LogP contribution in [0.5, 0.6) is 17.2 Å². The monoisotopic (exact) mass is 490 g/mol. The van der Waals surface area contributed by atoms with Crippen LogP contribution in [0.15, 0.2) is 53.5 Å². The average molecular weight is 491 g/mol. The number of hydrogen-bond acceptors (Lipinski definition) is 5. The third-order valence-corrected chi connectivity index (χ3v) is 6.88. The molecule has 0 aliphatic heterocycles. The number of pyridine rings is 1. The summed E-state index contributed by atoms with van der Waals surface area (Å²) in [4.78, 5) is 12.3. The van der Waals surface area contributed by atoms with Crippen LogP contribution in [0.3, 0.4) is 0 Å². The largest absolute Gasteiger partial charge is 0.490 e. The van der Waals surface area contributed by atoms with Crippen LogP contribution in [0.4, 0.5) is 14.5 Å². The molecule has 10 heteroatoms. The topological polar surface area (TPSA) is 86.6 Å². The van der Waals surface area contributed by atoms with Crippen molar-refractivity contribution in [3.8, 4) is 28.4 Å². The van der Waals surface area contributed by atoms with E-state index >= 15 is 0 Å². The van der Waals surface area contributed by atoms with Crippen molar-refractivity contribution in [3.05, 3.63) is 70.6 Å². The summed E-state index contributed by atoms with van der Waals surface area (Å²) in [7, 11) is -2.00. The lowest BCUT2D eigenvalue weighted by molar-refractivity contribution is 0.120. The van der Waals surface area contributed by atoms with Crippen LogP contribution in [-0.2, 0) is 17.1 Å². The van der Waals surface area contributed by atoms with Crippen LogP contribution in [0.2, 0.25) is 0 Å². The van der Waals surface area contributed by atoms with E-state index in [2.05, 4.69) is 4.72 Å². The Balaban J connectivity index is 1.85. The Kier molecular flexibility index (Phi) is 6.60. The number of anilines is 1. The first-order chi connectivity index (χ1) is 16.1. The Labute approximate surface area is 196 Å². The van der Waals surface area contributed by atoms with Crippen molar-refractivity contribution in [1.29, 1.82) is 0 Å².